The average Bonchev–Trinajstić information content (AvgIpc) is 3.16. The molecule has 5 aromatic heterocycles. The number of rotatable bonds is 5. The van der Waals surface area contributed by atoms with Crippen molar-refractivity contribution in [3.05, 3.63) is 90.6 Å². The van der Waals surface area contributed by atoms with E-state index in [1.165, 1.54) is 17.6 Å². The number of anilines is 4. The van der Waals surface area contributed by atoms with Crippen LogP contribution in [0.25, 0.3) is 33.2 Å². The van der Waals surface area contributed by atoms with Crippen molar-refractivity contribution in [1.29, 1.82) is 0 Å². The summed E-state index contributed by atoms with van der Waals surface area (Å²) in [6.45, 7) is 10.2. The summed E-state index contributed by atoms with van der Waals surface area (Å²) in [6.07, 6.45) is 8.51. The molecule has 2 saturated heterocycles. The Kier molecular flexibility index (Phi) is 9.31. The highest BCUT2D eigenvalue weighted by Crippen LogP contribution is 2.39. The molecule has 3 N–H and O–H groups in total. The Morgan fingerprint density at radius 3 is 2.08 bits per heavy atom. The highest BCUT2D eigenvalue weighted by molar-refractivity contribution is 5.98. The first-order valence-electron chi connectivity index (χ1n) is 16.3. The molecule has 1 aromatic carbocycles. The normalized spacial score (nSPS) is 14.8. The Labute approximate surface area is 284 Å². The van der Waals surface area contributed by atoms with Crippen molar-refractivity contribution in [2.24, 2.45) is 0 Å². The number of aromatic hydroxyl groups is 2. The van der Waals surface area contributed by atoms with Gasteiger partial charge in [0.05, 0.1) is 83.9 Å². The van der Waals surface area contributed by atoms with Gasteiger partial charge in [-0.15, -0.1) is 0 Å². The Bertz CT molecular complexity index is 2080. The lowest BCUT2D eigenvalue weighted by Gasteiger charge is -2.33. The van der Waals surface area contributed by atoms with Crippen LogP contribution in [0.2, 0.25) is 0 Å². The minimum absolute atomic E-state index is 0.0601. The van der Waals surface area contributed by atoms with Crippen molar-refractivity contribution in [1.82, 2.24) is 24.9 Å². The molecule has 8 rings (SSSR count). The van der Waals surface area contributed by atoms with Gasteiger partial charge in [-0.05, 0) is 56.3 Å². The van der Waals surface area contributed by atoms with Crippen LogP contribution in [0.1, 0.15) is 11.1 Å². The summed E-state index contributed by atoms with van der Waals surface area (Å²) in [5.41, 5.74) is 8.93. The van der Waals surface area contributed by atoms with Crippen molar-refractivity contribution in [3.63, 3.8) is 0 Å². The van der Waals surface area contributed by atoms with Gasteiger partial charge in [0.25, 0.3) is 0 Å². The van der Waals surface area contributed by atoms with Gasteiger partial charge in [0.2, 0.25) is 5.88 Å². The zero-order valence-corrected chi connectivity index (χ0v) is 27.5. The summed E-state index contributed by atoms with van der Waals surface area (Å²) in [6, 6.07) is 16.3. The maximum absolute atomic E-state index is 9.61. The molecule has 0 amide bonds. The molecule has 2 fully saturated rings. The van der Waals surface area contributed by atoms with Crippen LogP contribution in [0.4, 0.5) is 22.7 Å². The van der Waals surface area contributed by atoms with E-state index in [0.29, 0.717) is 16.5 Å². The third-order valence-corrected chi connectivity index (χ3v) is 8.88. The number of morpholine rings is 2. The molecule has 2 aliphatic rings. The van der Waals surface area contributed by atoms with E-state index in [1.54, 1.807) is 25.4 Å². The zero-order chi connectivity index (χ0) is 33.7. The van der Waals surface area contributed by atoms with Crippen LogP contribution < -0.4 is 15.1 Å². The quantitative estimate of drug-likeness (QED) is 0.207. The Morgan fingerprint density at radius 2 is 1.39 bits per heavy atom. The van der Waals surface area contributed by atoms with Crippen LogP contribution in [0.15, 0.2) is 79.5 Å². The van der Waals surface area contributed by atoms with Crippen molar-refractivity contribution >= 4 is 44.6 Å². The molecule has 0 unspecified atom stereocenters. The van der Waals surface area contributed by atoms with Crippen molar-refractivity contribution < 1.29 is 19.7 Å². The molecule has 49 heavy (non-hydrogen) atoms. The third-order valence-electron chi connectivity index (χ3n) is 8.88. The maximum Gasteiger partial charge on any atom is 0.218 e. The second kappa shape index (κ2) is 14.3. The first kappa shape index (κ1) is 32.0. The average molecular weight is 659 g/mol. The minimum atomic E-state index is -0.155. The predicted octanol–water partition coefficient (Wildman–Crippen LogP) is 5.77. The number of hydrogen-bond donors (Lipinski definition) is 3. The van der Waals surface area contributed by atoms with Gasteiger partial charge in [0.15, 0.2) is 0 Å². The molecule has 2 aliphatic heterocycles. The summed E-state index contributed by atoms with van der Waals surface area (Å²) in [5, 5.41) is 24.4. The van der Waals surface area contributed by atoms with E-state index >= 15 is 0 Å². The van der Waals surface area contributed by atoms with E-state index < -0.39 is 0 Å². The highest BCUT2D eigenvalue weighted by atomic mass is 16.5. The number of benzene rings is 1. The van der Waals surface area contributed by atoms with Gasteiger partial charge in [-0.25, -0.2) is 9.97 Å². The molecule has 0 aliphatic carbocycles. The summed E-state index contributed by atoms with van der Waals surface area (Å²) in [4.78, 5) is 26.4. The fourth-order valence-corrected chi connectivity index (χ4v) is 6.16. The molecule has 0 atom stereocenters. The molecular formula is C37H38N8O4. The van der Waals surface area contributed by atoms with Crippen LogP contribution >= 0.6 is 0 Å². The van der Waals surface area contributed by atoms with E-state index in [0.717, 1.165) is 91.8 Å². The molecule has 6 aromatic rings. The fourth-order valence-electron chi connectivity index (χ4n) is 6.16. The molecule has 12 nitrogen and oxygen atoms in total. The van der Waals surface area contributed by atoms with Crippen LogP contribution in [-0.4, -0.2) is 87.7 Å². The molecule has 0 radical (unpaired) electrons. The number of hydrogen-bond acceptors (Lipinski definition) is 12. The van der Waals surface area contributed by atoms with Gasteiger partial charge in [-0.1, -0.05) is 6.07 Å². The number of nitrogens with one attached hydrogen (secondary N) is 1. The van der Waals surface area contributed by atoms with E-state index in [1.807, 2.05) is 36.7 Å². The van der Waals surface area contributed by atoms with Gasteiger partial charge < -0.3 is 34.8 Å². The first-order chi connectivity index (χ1) is 24.0. The fraction of sp³-hybridized carbons (Fsp3) is 0.270. The summed E-state index contributed by atoms with van der Waals surface area (Å²) >= 11 is 0. The zero-order valence-electron chi connectivity index (χ0n) is 27.5. The number of aromatic nitrogens is 5. The summed E-state index contributed by atoms with van der Waals surface area (Å²) in [7, 11) is 0. The second-order valence-electron chi connectivity index (χ2n) is 11.9. The number of fused-ring (bicyclic) bond motifs is 2. The Balaban J connectivity index is 0.000000244. The minimum Gasteiger partial charge on any atom is -0.507 e. The second-order valence-corrected chi connectivity index (χ2v) is 11.9. The number of pyridine rings is 5. The molecule has 0 bridgehead atoms. The summed E-state index contributed by atoms with van der Waals surface area (Å²) < 4.78 is 11.2. The smallest absolute Gasteiger partial charge is 0.218 e. The molecule has 12 heteroatoms. The SMILES string of the molecule is Cc1c(-c2ccccn2)nc2cnccc2c1Nc1cc(N2CCOCC2)ccc1N1CCOCC1.Cc1c(O)nc2cnccc2c1O. The van der Waals surface area contributed by atoms with E-state index in [-0.39, 0.29) is 11.6 Å². The van der Waals surface area contributed by atoms with Crippen LogP contribution in [-0.2, 0) is 9.47 Å². The van der Waals surface area contributed by atoms with Gasteiger partial charge >= 0.3 is 0 Å². The first-order valence-corrected chi connectivity index (χ1v) is 16.3. The predicted molar refractivity (Wildman–Crippen MR) is 191 cm³/mol. The van der Waals surface area contributed by atoms with E-state index in [4.69, 9.17) is 14.5 Å². The molecule has 250 valence electrons. The van der Waals surface area contributed by atoms with Crippen molar-refractivity contribution in [2.75, 3.05) is 67.7 Å². The number of nitrogens with zero attached hydrogens (tertiary/aromatic N) is 7. The molecule has 0 saturated carbocycles. The third kappa shape index (κ3) is 6.73. The summed E-state index contributed by atoms with van der Waals surface area (Å²) in [5.74, 6) is -0.0945. The monoisotopic (exact) mass is 658 g/mol. The van der Waals surface area contributed by atoms with Crippen LogP contribution in [0.5, 0.6) is 11.6 Å². The van der Waals surface area contributed by atoms with Gasteiger partial charge in [-0.3, -0.25) is 15.0 Å². The Morgan fingerprint density at radius 1 is 0.714 bits per heavy atom. The maximum atomic E-state index is 9.61. The van der Waals surface area contributed by atoms with Gasteiger partial charge in [0, 0.05) is 66.8 Å². The standard InChI is InChI=1S/C28H30N6O2.C9H8N2O2/c1-20-27(22-7-9-29-19-25(22)32-28(20)23-4-2-3-8-30-23)31-24-18-21(33-10-14-35-15-11-33)5-6-26(24)34-12-16-36-17-13-34;1-5-8(12)6-2-3-10-4-7(6)11-9(5)13/h2-9,18-19H,10-17H2,1H3,(H,31,32);2-4H,1H3,(H2,11,12,13). The van der Waals surface area contributed by atoms with Crippen molar-refractivity contribution in [3.8, 4) is 23.0 Å². The largest absolute Gasteiger partial charge is 0.507 e. The number of ether oxygens (including phenoxy) is 2. The van der Waals surface area contributed by atoms with Crippen molar-refractivity contribution in [2.45, 2.75) is 13.8 Å². The molecule has 7 heterocycles. The van der Waals surface area contributed by atoms with Gasteiger partial charge in [0.1, 0.15) is 5.75 Å². The van der Waals surface area contributed by atoms with Gasteiger partial charge in [-0.2, -0.15) is 0 Å². The van der Waals surface area contributed by atoms with Crippen LogP contribution in [0.3, 0.4) is 0 Å². The van der Waals surface area contributed by atoms with Crippen LogP contribution in [0, 0.1) is 13.8 Å². The lowest BCUT2D eigenvalue weighted by atomic mass is 10.0. The molecular weight excluding hydrogens is 620 g/mol. The highest BCUT2D eigenvalue weighted by Gasteiger charge is 2.21. The van der Waals surface area contributed by atoms with E-state index in [9.17, 15) is 10.2 Å². The van der Waals surface area contributed by atoms with E-state index in [2.05, 4.69) is 60.2 Å². The topological polar surface area (TPSA) is 142 Å². The Hall–Kier alpha value is -5.59. The lowest BCUT2D eigenvalue weighted by Crippen LogP contribution is -2.37. The molecule has 0 spiro atoms. The lowest BCUT2D eigenvalue weighted by molar-refractivity contribution is 0.122.